The maximum Gasteiger partial charge on any atom is 0.320 e. The third kappa shape index (κ3) is 3.24. The zero-order valence-corrected chi connectivity index (χ0v) is 11.7. The molecule has 0 bridgehead atoms. The molecule has 1 aliphatic rings. The van der Waals surface area contributed by atoms with Gasteiger partial charge in [-0.1, -0.05) is 41.5 Å². The van der Waals surface area contributed by atoms with Crippen molar-refractivity contribution in [2.75, 3.05) is 13.1 Å². The van der Waals surface area contributed by atoms with Crippen molar-refractivity contribution in [3.8, 4) is 0 Å². The maximum atomic E-state index is 12.5. The number of nitrogens with one attached hydrogen (secondary N) is 1. The second kappa shape index (κ2) is 6.92. The molecule has 1 heterocycles. The van der Waals surface area contributed by atoms with Gasteiger partial charge in [0.05, 0.1) is 0 Å². The molecule has 1 saturated heterocycles. The second-order valence-electron chi connectivity index (χ2n) is 5.03. The van der Waals surface area contributed by atoms with Gasteiger partial charge in [0.2, 0.25) is 0 Å². The van der Waals surface area contributed by atoms with E-state index in [1.165, 1.54) is 0 Å². The van der Waals surface area contributed by atoms with Crippen LogP contribution in [0.2, 0.25) is 0 Å². The number of hydrogen-bond donors (Lipinski definition) is 1. The summed E-state index contributed by atoms with van der Waals surface area (Å²) in [6, 6.07) is 9.41. The first-order valence-corrected chi connectivity index (χ1v) is 6.82. The Hall–Kier alpha value is -2.30. The highest BCUT2D eigenvalue weighted by molar-refractivity contribution is 5.82. The van der Waals surface area contributed by atoms with Gasteiger partial charge in [0, 0.05) is 11.5 Å². The van der Waals surface area contributed by atoms with Crippen molar-refractivity contribution in [1.82, 2.24) is 5.32 Å². The number of benzene rings is 1. The molecule has 1 aromatic carbocycles. The molecular formula is C15H18N4O2. The Morgan fingerprint density at radius 1 is 1.57 bits per heavy atom. The topological polar surface area (TPSA) is 87.1 Å². The van der Waals surface area contributed by atoms with Crippen molar-refractivity contribution >= 4 is 5.97 Å². The monoisotopic (exact) mass is 286 g/mol. The molecule has 21 heavy (non-hydrogen) atoms. The lowest BCUT2D eigenvalue weighted by Gasteiger charge is -2.26. The maximum absolute atomic E-state index is 12.5. The summed E-state index contributed by atoms with van der Waals surface area (Å²) in [4.78, 5) is 15.3. The highest BCUT2D eigenvalue weighted by Gasteiger charge is 2.49. The molecule has 0 aromatic heterocycles. The molecule has 0 spiro atoms. The predicted molar refractivity (Wildman–Crippen MR) is 79.3 cm³/mol. The summed E-state index contributed by atoms with van der Waals surface area (Å²) >= 11 is 0. The van der Waals surface area contributed by atoms with Crippen LogP contribution in [0.25, 0.3) is 10.4 Å². The molecule has 1 fully saturated rings. The average Bonchev–Trinajstić information content (AvgIpc) is 2.91. The minimum absolute atomic E-state index is 0.130. The molecule has 1 unspecified atom stereocenters. The largest absolute Gasteiger partial charge is 0.460 e. The first-order valence-electron chi connectivity index (χ1n) is 6.82. The van der Waals surface area contributed by atoms with E-state index < -0.39 is 11.5 Å². The molecule has 2 atom stereocenters. The average molecular weight is 286 g/mol. The van der Waals surface area contributed by atoms with Gasteiger partial charge in [0.25, 0.3) is 0 Å². The predicted octanol–water partition coefficient (Wildman–Crippen LogP) is 2.57. The minimum Gasteiger partial charge on any atom is -0.460 e. The number of hydrogen-bond acceptors (Lipinski definition) is 4. The summed E-state index contributed by atoms with van der Waals surface area (Å²) in [6.07, 6.45) is 2.32. The standard InChI is InChI=1S/C15H18N4O2/c1-2-6-13-9-17-11-15(13,18-19-16)14(20)21-10-12-7-4-3-5-8-12/h2-5,7-8,13,17H,1,6,9-11H2/t13-,15?/m0/s1. The lowest BCUT2D eigenvalue weighted by molar-refractivity contribution is -0.152. The summed E-state index contributed by atoms with van der Waals surface area (Å²) < 4.78 is 5.37. The van der Waals surface area contributed by atoms with Crippen molar-refractivity contribution in [3.63, 3.8) is 0 Å². The van der Waals surface area contributed by atoms with Gasteiger partial charge in [-0.3, -0.25) is 4.79 Å². The van der Waals surface area contributed by atoms with Crippen LogP contribution in [-0.2, 0) is 16.1 Å². The summed E-state index contributed by atoms with van der Waals surface area (Å²) in [5.74, 6) is -0.616. The Morgan fingerprint density at radius 3 is 3.00 bits per heavy atom. The highest BCUT2D eigenvalue weighted by atomic mass is 16.5. The third-order valence-electron chi connectivity index (χ3n) is 3.70. The Bertz CT molecular complexity index is 554. The van der Waals surface area contributed by atoms with E-state index in [0.717, 1.165) is 5.56 Å². The van der Waals surface area contributed by atoms with Crippen molar-refractivity contribution in [2.24, 2.45) is 11.0 Å². The summed E-state index contributed by atoms with van der Waals surface area (Å²) in [5, 5.41) is 6.86. The Labute approximate surface area is 123 Å². The van der Waals surface area contributed by atoms with Crippen LogP contribution in [0.4, 0.5) is 0 Å². The van der Waals surface area contributed by atoms with Gasteiger partial charge in [-0.15, -0.1) is 6.58 Å². The van der Waals surface area contributed by atoms with E-state index in [9.17, 15) is 4.79 Å². The first kappa shape index (κ1) is 15.1. The van der Waals surface area contributed by atoms with Crippen LogP contribution in [0.15, 0.2) is 48.1 Å². The summed E-state index contributed by atoms with van der Waals surface area (Å²) in [7, 11) is 0. The third-order valence-corrected chi connectivity index (χ3v) is 3.70. The van der Waals surface area contributed by atoms with Crippen molar-refractivity contribution in [1.29, 1.82) is 0 Å². The fourth-order valence-corrected chi connectivity index (χ4v) is 2.55. The van der Waals surface area contributed by atoms with Crippen LogP contribution < -0.4 is 5.32 Å². The van der Waals surface area contributed by atoms with E-state index in [4.69, 9.17) is 10.3 Å². The Kier molecular flexibility index (Phi) is 4.98. The Morgan fingerprint density at radius 2 is 2.33 bits per heavy atom. The van der Waals surface area contributed by atoms with E-state index in [0.29, 0.717) is 19.5 Å². The quantitative estimate of drug-likeness (QED) is 0.286. The number of nitrogens with zero attached hydrogens (tertiary/aromatic N) is 3. The van der Waals surface area contributed by atoms with Crippen LogP contribution in [0, 0.1) is 5.92 Å². The van der Waals surface area contributed by atoms with Crippen LogP contribution in [0.3, 0.4) is 0 Å². The smallest absolute Gasteiger partial charge is 0.320 e. The van der Waals surface area contributed by atoms with Gasteiger partial charge in [0.15, 0.2) is 5.54 Å². The molecule has 1 N–H and O–H groups in total. The molecular weight excluding hydrogens is 268 g/mol. The fraction of sp³-hybridized carbons (Fsp3) is 0.400. The van der Waals surface area contributed by atoms with E-state index in [-0.39, 0.29) is 12.5 Å². The van der Waals surface area contributed by atoms with Crippen molar-refractivity contribution in [2.45, 2.75) is 18.6 Å². The van der Waals surface area contributed by atoms with Crippen molar-refractivity contribution in [3.05, 3.63) is 59.0 Å². The van der Waals surface area contributed by atoms with Gasteiger partial charge in [-0.2, -0.15) is 0 Å². The van der Waals surface area contributed by atoms with Gasteiger partial charge >= 0.3 is 5.97 Å². The number of allylic oxidation sites excluding steroid dienone is 1. The zero-order valence-electron chi connectivity index (χ0n) is 11.7. The lowest BCUT2D eigenvalue weighted by Crippen LogP contribution is -2.45. The van der Waals surface area contributed by atoms with Crippen molar-refractivity contribution < 1.29 is 9.53 Å². The Balaban J connectivity index is 2.12. The van der Waals surface area contributed by atoms with Crippen LogP contribution >= 0.6 is 0 Å². The molecule has 1 aliphatic heterocycles. The number of ether oxygens (including phenoxy) is 1. The van der Waals surface area contributed by atoms with Gasteiger partial charge in [0.1, 0.15) is 6.61 Å². The number of azide groups is 1. The summed E-state index contributed by atoms with van der Waals surface area (Å²) in [6.45, 7) is 4.76. The normalized spacial score (nSPS) is 24.1. The molecule has 6 heteroatoms. The lowest BCUT2D eigenvalue weighted by atomic mass is 9.85. The molecule has 1 aromatic rings. The second-order valence-corrected chi connectivity index (χ2v) is 5.03. The van der Waals surface area contributed by atoms with Gasteiger partial charge in [-0.05, 0) is 30.0 Å². The number of rotatable bonds is 6. The molecule has 0 radical (unpaired) electrons. The number of esters is 1. The number of carbonyl (C=O) groups is 1. The van der Waals surface area contributed by atoms with E-state index >= 15 is 0 Å². The van der Waals surface area contributed by atoms with Gasteiger partial charge < -0.3 is 10.1 Å². The zero-order chi connectivity index (χ0) is 15.1. The fourth-order valence-electron chi connectivity index (χ4n) is 2.55. The first-order chi connectivity index (χ1) is 10.2. The van der Waals surface area contributed by atoms with Crippen LogP contribution in [-0.4, -0.2) is 24.6 Å². The number of carbonyl (C=O) groups excluding carboxylic acids is 1. The van der Waals surface area contributed by atoms with Crippen LogP contribution in [0.5, 0.6) is 0 Å². The van der Waals surface area contributed by atoms with Crippen LogP contribution in [0.1, 0.15) is 12.0 Å². The minimum atomic E-state index is -1.18. The highest BCUT2D eigenvalue weighted by Crippen LogP contribution is 2.31. The van der Waals surface area contributed by atoms with E-state index in [1.54, 1.807) is 6.08 Å². The van der Waals surface area contributed by atoms with E-state index in [2.05, 4.69) is 21.9 Å². The van der Waals surface area contributed by atoms with Gasteiger partial charge in [-0.25, -0.2) is 0 Å². The SMILES string of the molecule is C=CC[C@H]1CNCC1(N=[N+]=[N-])C(=O)OCc1ccccc1. The molecule has 0 saturated carbocycles. The molecule has 0 amide bonds. The van der Waals surface area contributed by atoms with E-state index in [1.807, 2.05) is 30.3 Å². The molecule has 0 aliphatic carbocycles. The summed E-state index contributed by atoms with van der Waals surface area (Å²) in [5.41, 5.74) is 8.52. The molecule has 2 rings (SSSR count). The molecule has 6 nitrogen and oxygen atoms in total. The molecule has 110 valence electrons.